The number of nitrogens with one attached hydrogen (secondary N) is 1. The van der Waals surface area contributed by atoms with Gasteiger partial charge in [-0.3, -0.25) is 14.4 Å². The third-order valence-corrected chi connectivity index (χ3v) is 3.50. The highest BCUT2D eigenvalue weighted by molar-refractivity contribution is 5.99. The quantitative estimate of drug-likeness (QED) is 0.497. The third kappa shape index (κ3) is 5.02. The highest BCUT2D eigenvalue weighted by Crippen LogP contribution is 2.21. The van der Waals surface area contributed by atoms with Crippen molar-refractivity contribution in [3.63, 3.8) is 0 Å². The van der Waals surface area contributed by atoms with Gasteiger partial charge in [-0.25, -0.2) is 4.39 Å². The van der Waals surface area contributed by atoms with Gasteiger partial charge in [-0.05, 0) is 37.0 Å². The van der Waals surface area contributed by atoms with E-state index in [9.17, 15) is 18.8 Å². The first kappa shape index (κ1) is 16.9. The average molecular weight is 319 g/mol. The lowest BCUT2D eigenvalue weighted by atomic mass is 10.1. The van der Waals surface area contributed by atoms with Crippen molar-refractivity contribution >= 4 is 23.3 Å². The predicted molar refractivity (Wildman–Crippen MR) is 82.5 cm³/mol. The van der Waals surface area contributed by atoms with Gasteiger partial charge in [0.2, 0.25) is 11.7 Å². The molecule has 1 N–H and O–H groups in total. The summed E-state index contributed by atoms with van der Waals surface area (Å²) in [5.74, 6) is -2.03. The lowest BCUT2D eigenvalue weighted by Crippen LogP contribution is -2.17. The molecule has 5 nitrogen and oxygen atoms in total. The molecule has 0 saturated heterocycles. The molecule has 0 heterocycles. The van der Waals surface area contributed by atoms with Crippen molar-refractivity contribution in [1.82, 2.24) is 0 Å². The number of Topliss-reactive ketones (excluding diaryl/α,β-unsaturated/α-hetero) is 1. The van der Waals surface area contributed by atoms with E-state index in [4.69, 9.17) is 4.74 Å². The highest BCUT2D eigenvalue weighted by Gasteiger charge is 2.18. The number of carbonyl (C=O) groups is 3. The number of halogens is 1. The molecule has 23 heavy (non-hydrogen) atoms. The Labute approximate surface area is 133 Å². The summed E-state index contributed by atoms with van der Waals surface area (Å²) in [4.78, 5) is 34.5. The first-order chi connectivity index (χ1) is 11.0. The number of hydrogen-bond acceptors (Lipinski definition) is 4. The third-order valence-electron chi connectivity index (χ3n) is 3.50. The minimum atomic E-state index is -0.768. The molecule has 1 aliphatic rings. The van der Waals surface area contributed by atoms with E-state index in [0.717, 1.165) is 18.9 Å². The van der Waals surface area contributed by atoms with E-state index in [1.54, 1.807) is 0 Å². The Morgan fingerprint density at radius 1 is 1.35 bits per heavy atom. The number of allylic oxidation sites excluding steroid dienone is 2. The fourth-order valence-corrected chi connectivity index (χ4v) is 2.38. The van der Waals surface area contributed by atoms with Gasteiger partial charge in [-0.2, -0.15) is 0 Å². The van der Waals surface area contributed by atoms with E-state index in [1.807, 2.05) is 12.2 Å². The van der Waals surface area contributed by atoms with Crippen LogP contribution >= 0.6 is 0 Å². The van der Waals surface area contributed by atoms with E-state index in [-0.39, 0.29) is 29.5 Å². The normalized spacial score (nSPS) is 16.2. The maximum atomic E-state index is 13.9. The molecule has 1 aromatic carbocycles. The standard InChI is InChI=1S/C17H18FNO4/c1-11(20)19-13-6-7-14(15(18)9-13)16(21)10-23-17(22)8-12-4-2-3-5-12/h2,4,6-7,9,12H,3,5,8,10H2,1H3,(H,19,20)/t12-/m0/s1. The zero-order valence-electron chi connectivity index (χ0n) is 12.8. The van der Waals surface area contributed by atoms with E-state index in [1.165, 1.54) is 19.1 Å². The Bertz CT molecular complexity index is 654. The molecule has 0 unspecified atom stereocenters. The number of carbonyl (C=O) groups excluding carboxylic acids is 3. The minimum absolute atomic E-state index is 0.159. The van der Waals surface area contributed by atoms with Gasteiger partial charge in [0.05, 0.1) is 12.0 Å². The van der Waals surface area contributed by atoms with Crippen molar-refractivity contribution in [2.75, 3.05) is 11.9 Å². The van der Waals surface area contributed by atoms with Crippen LogP contribution in [-0.2, 0) is 14.3 Å². The van der Waals surface area contributed by atoms with Crippen molar-refractivity contribution in [1.29, 1.82) is 0 Å². The summed E-state index contributed by atoms with van der Waals surface area (Å²) >= 11 is 0. The average Bonchev–Trinajstić information content (AvgIpc) is 2.97. The first-order valence-corrected chi connectivity index (χ1v) is 7.38. The summed E-state index contributed by atoms with van der Waals surface area (Å²) in [6.07, 6.45) is 6.05. The predicted octanol–water partition coefficient (Wildman–Crippen LogP) is 2.87. The van der Waals surface area contributed by atoms with Crippen LogP contribution in [0.5, 0.6) is 0 Å². The number of benzene rings is 1. The summed E-state index contributed by atoms with van der Waals surface area (Å²) in [7, 11) is 0. The van der Waals surface area contributed by atoms with E-state index in [2.05, 4.69) is 5.32 Å². The second-order valence-electron chi connectivity index (χ2n) is 5.43. The molecule has 0 aliphatic heterocycles. The number of ether oxygens (including phenoxy) is 1. The topological polar surface area (TPSA) is 72.5 Å². The Morgan fingerprint density at radius 2 is 2.13 bits per heavy atom. The molecule has 0 saturated carbocycles. The van der Waals surface area contributed by atoms with Crippen LogP contribution in [0.25, 0.3) is 0 Å². The van der Waals surface area contributed by atoms with Crippen LogP contribution in [0.2, 0.25) is 0 Å². The van der Waals surface area contributed by atoms with Gasteiger partial charge < -0.3 is 10.1 Å². The number of hydrogen-bond donors (Lipinski definition) is 1. The zero-order chi connectivity index (χ0) is 16.8. The van der Waals surface area contributed by atoms with Crippen LogP contribution in [0.3, 0.4) is 0 Å². The maximum Gasteiger partial charge on any atom is 0.306 e. The molecule has 122 valence electrons. The zero-order valence-corrected chi connectivity index (χ0v) is 12.8. The summed E-state index contributed by atoms with van der Waals surface area (Å²) in [6.45, 7) is 0.807. The first-order valence-electron chi connectivity index (χ1n) is 7.38. The molecule has 0 radical (unpaired) electrons. The van der Waals surface area contributed by atoms with Crippen LogP contribution in [0.15, 0.2) is 30.4 Å². The number of rotatable bonds is 6. The number of ketones is 1. The van der Waals surface area contributed by atoms with E-state index >= 15 is 0 Å². The van der Waals surface area contributed by atoms with Gasteiger partial charge >= 0.3 is 5.97 Å². The second-order valence-corrected chi connectivity index (χ2v) is 5.43. The van der Waals surface area contributed by atoms with Crippen LogP contribution in [0, 0.1) is 11.7 Å². The Hall–Kier alpha value is -2.50. The van der Waals surface area contributed by atoms with Crippen molar-refractivity contribution in [3.8, 4) is 0 Å². The van der Waals surface area contributed by atoms with Gasteiger partial charge in [-0.1, -0.05) is 12.2 Å². The fraction of sp³-hybridized carbons (Fsp3) is 0.353. The Kier molecular flexibility index (Phi) is 5.62. The molecule has 0 fully saturated rings. The smallest absolute Gasteiger partial charge is 0.306 e. The molecule has 1 atom stereocenters. The second kappa shape index (κ2) is 7.67. The molecule has 2 rings (SSSR count). The van der Waals surface area contributed by atoms with Crippen molar-refractivity contribution in [2.45, 2.75) is 26.2 Å². The molecule has 1 amide bonds. The molecule has 0 aromatic heterocycles. The summed E-state index contributed by atoms with van der Waals surface area (Å²) in [5.41, 5.74) is 0.0872. The highest BCUT2D eigenvalue weighted by atomic mass is 19.1. The van der Waals surface area contributed by atoms with Crippen LogP contribution < -0.4 is 5.32 Å². The van der Waals surface area contributed by atoms with Gasteiger partial charge in [0.25, 0.3) is 0 Å². The summed E-state index contributed by atoms with van der Waals surface area (Å²) < 4.78 is 18.8. The molecule has 0 spiro atoms. The van der Waals surface area contributed by atoms with Crippen molar-refractivity contribution in [2.24, 2.45) is 5.92 Å². The maximum absolute atomic E-state index is 13.9. The summed E-state index contributed by atoms with van der Waals surface area (Å²) in [6, 6.07) is 3.74. The summed E-state index contributed by atoms with van der Waals surface area (Å²) in [5, 5.41) is 2.42. The van der Waals surface area contributed by atoms with Gasteiger partial charge in [-0.15, -0.1) is 0 Å². The molecule has 1 aliphatic carbocycles. The van der Waals surface area contributed by atoms with Gasteiger partial charge in [0.1, 0.15) is 5.82 Å². The SMILES string of the molecule is CC(=O)Nc1ccc(C(=O)COC(=O)C[C@H]2C=CCC2)c(F)c1. The lowest BCUT2D eigenvalue weighted by molar-refractivity contribution is -0.143. The fourth-order valence-electron chi connectivity index (χ4n) is 2.38. The molecule has 6 heteroatoms. The Balaban J connectivity index is 1.88. The largest absolute Gasteiger partial charge is 0.457 e. The Morgan fingerprint density at radius 3 is 2.74 bits per heavy atom. The molecule has 0 bridgehead atoms. The van der Waals surface area contributed by atoms with Crippen LogP contribution in [0.4, 0.5) is 10.1 Å². The monoisotopic (exact) mass is 319 g/mol. The lowest BCUT2D eigenvalue weighted by Gasteiger charge is -2.09. The number of esters is 1. The molecular formula is C17H18FNO4. The number of anilines is 1. The molecule has 1 aromatic rings. The molecular weight excluding hydrogens is 301 g/mol. The van der Waals surface area contributed by atoms with E-state index in [0.29, 0.717) is 0 Å². The van der Waals surface area contributed by atoms with Gasteiger partial charge in [0, 0.05) is 12.6 Å². The number of amides is 1. The van der Waals surface area contributed by atoms with Crippen LogP contribution in [-0.4, -0.2) is 24.3 Å². The van der Waals surface area contributed by atoms with Crippen molar-refractivity contribution < 1.29 is 23.5 Å². The van der Waals surface area contributed by atoms with E-state index < -0.39 is 24.2 Å². The van der Waals surface area contributed by atoms with Gasteiger partial charge in [0.15, 0.2) is 6.61 Å². The van der Waals surface area contributed by atoms with Crippen molar-refractivity contribution in [3.05, 3.63) is 41.7 Å². The van der Waals surface area contributed by atoms with Crippen LogP contribution in [0.1, 0.15) is 36.5 Å². The minimum Gasteiger partial charge on any atom is -0.457 e.